The molecule has 1 aromatic carbocycles. The maximum Gasteiger partial charge on any atom is 0.124 e. The number of pyridine rings is 1. The second-order valence-electron chi connectivity index (χ2n) is 6.06. The average Bonchev–Trinajstić information content (AvgIpc) is 2.95. The number of nitrogens with zero attached hydrogens (tertiary/aromatic N) is 4. The molecule has 0 saturated carbocycles. The van der Waals surface area contributed by atoms with E-state index in [0.717, 1.165) is 22.1 Å². The molecule has 2 heterocycles. The molecule has 25 heavy (non-hydrogen) atoms. The maximum absolute atomic E-state index is 9.22. The van der Waals surface area contributed by atoms with Gasteiger partial charge in [0.2, 0.25) is 0 Å². The second kappa shape index (κ2) is 8.00. The van der Waals surface area contributed by atoms with Gasteiger partial charge in [-0.25, -0.2) is 4.98 Å². The third-order valence-electron chi connectivity index (χ3n) is 3.86. The molecule has 0 spiro atoms. The van der Waals surface area contributed by atoms with Gasteiger partial charge in [-0.1, -0.05) is 43.8 Å². The van der Waals surface area contributed by atoms with E-state index in [0.29, 0.717) is 18.9 Å². The lowest BCUT2D eigenvalue weighted by molar-refractivity contribution is 0.680. The smallest absolute Gasteiger partial charge is 0.124 e. The monoisotopic (exact) mass is 348 g/mol. The first-order chi connectivity index (χ1) is 12.2. The molecule has 3 rings (SSSR count). The van der Waals surface area contributed by atoms with Crippen LogP contribution in [0.4, 0.5) is 0 Å². The first kappa shape index (κ1) is 17.2. The van der Waals surface area contributed by atoms with Gasteiger partial charge < -0.3 is 4.57 Å². The van der Waals surface area contributed by atoms with Gasteiger partial charge in [0, 0.05) is 23.8 Å². The fourth-order valence-electron chi connectivity index (χ4n) is 2.63. The van der Waals surface area contributed by atoms with Crippen molar-refractivity contribution in [3.63, 3.8) is 0 Å². The van der Waals surface area contributed by atoms with E-state index in [4.69, 9.17) is 4.98 Å². The maximum atomic E-state index is 9.22. The predicted molar refractivity (Wildman–Crippen MR) is 99.5 cm³/mol. The van der Waals surface area contributed by atoms with Gasteiger partial charge in [-0.2, -0.15) is 5.26 Å². The number of imidazole rings is 1. The van der Waals surface area contributed by atoms with E-state index >= 15 is 0 Å². The van der Waals surface area contributed by atoms with Crippen molar-refractivity contribution in [3.05, 3.63) is 71.9 Å². The number of rotatable bonds is 6. The Bertz CT molecular complexity index is 864. The molecule has 0 saturated heterocycles. The zero-order valence-corrected chi connectivity index (χ0v) is 15.2. The summed E-state index contributed by atoms with van der Waals surface area (Å²) in [6, 6.07) is 16.5. The summed E-state index contributed by atoms with van der Waals surface area (Å²) >= 11 is 1.71. The first-order valence-electron chi connectivity index (χ1n) is 8.27. The van der Waals surface area contributed by atoms with Crippen molar-refractivity contribution in [2.75, 3.05) is 0 Å². The Kier molecular flexibility index (Phi) is 5.52. The highest BCUT2D eigenvalue weighted by Gasteiger charge is 2.20. The Morgan fingerprint density at radius 2 is 1.84 bits per heavy atom. The van der Waals surface area contributed by atoms with Gasteiger partial charge >= 0.3 is 0 Å². The molecule has 2 aromatic heterocycles. The molecule has 0 N–H and O–H groups in total. The van der Waals surface area contributed by atoms with Crippen LogP contribution >= 0.6 is 11.8 Å². The third-order valence-corrected chi connectivity index (χ3v) is 4.99. The molecule has 126 valence electrons. The molecule has 0 amide bonds. The summed E-state index contributed by atoms with van der Waals surface area (Å²) in [4.78, 5) is 10.1. The Labute approximate surface area is 152 Å². The number of nitriles is 1. The van der Waals surface area contributed by atoms with Crippen molar-refractivity contribution < 1.29 is 0 Å². The summed E-state index contributed by atoms with van der Waals surface area (Å²) < 4.78 is 2.17. The van der Waals surface area contributed by atoms with Gasteiger partial charge in [-0.15, -0.1) is 0 Å². The van der Waals surface area contributed by atoms with Gasteiger partial charge in [-0.05, 0) is 35.7 Å². The molecular formula is C20H20N4S. The van der Waals surface area contributed by atoms with Crippen LogP contribution in [0.15, 0.2) is 64.8 Å². The van der Waals surface area contributed by atoms with Crippen LogP contribution in [0.3, 0.4) is 0 Å². The highest BCUT2D eigenvalue weighted by molar-refractivity contribution is 7.99. The minimum Gasteiger partial charge on any atom is -0.317 e. The van der Waals surface area contributed by atoms with Crippen molar-refractivity contribution in [1.82, 2.24) is 14.5 Å². The lowest BCUT2D eigenvalue weighted by atomic mass is 10.1. The van der Waals surface area contributed by atoms with E-state index in [1.807, 2.05) is 30.3 Å². The average molecular weight is 348 g/mol. The SMILES string of the molecule is CC(C)c1nc(CC#N)n(Cc2ccncc2)c1Sc1ccccc1. The molecule has 4 nitrogen and oxygen atoms in total. The normalized spacial score (nSPS) is 10.8. The highest BCUT2D eigenvalue weighted by atomic mass is 32.2. The largest absolute Gasteiger partial charge is 0.317 e. The first-order valence-corrected chi connectivity index (χ1v) is 9.08. The summed E-state index contributed by atoms with van der Waals surface area (Å²) in [6.45, 7) is 4.98. The Hall–Kier alpha value is -2.58. The van der Waals surface area contributed by atoms with Crippen LogP contribution in [0.2, 0.25) is 0 Å². The summed E-state index contributed by atoms with van der Waals surface area (Å²) in [5, 5.41) is 10.3. The zero-order chi connectivity index (χ0) is 17.6. The molecule has 0 atom stereocenters. The van der Waals surface area contributed by atoms with E-state index < -0.39 is 0 Å². The lowest BCUT2D eigenvalue weighted by Crippen LogP contribution is -2.06. The van der Waals surface area contributed by atoms with Crippen LogP contribution in [0.25, 0.3) is 0 Å². The van der Waals surface area contributed by atoms with Crippen LogP contribution in [0, 0.1) is 11.3 Å². The van der Waals surface area contributed by atoms with Gasteiger partial charge in [0.15, 0.2) is 0 Å². The van der Waals surface area contributed by atoms with E-state index in [1.165, 1.54) is 4.90 Å². The van der Waals surface area contributed by atoms with Crippen LogP contribution in [0.5, 0.6) is 0 Å². The zero-order valence-electron chi connectivity index (χ0n) is 14.4. The van der Waals surface area contributed by atoms with E-state index in [-0.39, 0.29) is 0 Å². The molecule has 0 aliphatic carbocycles. The van der Waals surface area contributed by atoms with Gasteiger partial charge in [-0.3, -0.25) is 4.98 Å². The molecule has 0 aliphatic rings. The van der Waals surface area contributed by atoms with Gasteiger partial charge in [0.05, 0.1) is 18.2 Å². The molecular weight excluding hydrogens is 328 g/mol. The molecule has 3 aromatic rings. The quantitative estimate of drug-likeness (QED) is 0.650. The standard InChI is InChI=1S/C20H20N4S/c1-15(2)19-20(25-17-6-4-3-5-7-17)24(18(23-19)8-11-21)14-16-9-12-22-13-10-16/h3-7,9-10,12-13,15H,8,14H2,1-2H3. The molecule has 5 heteroatoms. The minimum absolute atomic E-state index is 0.294. The highest BCUT2D eigenvalue weighted by Crippen LogP contribution is 2.35. The Morgan fingerprint density at radius 1 is 1.12 bits per heavy atom. The summed E-state index contributed by atoms with van der Waals surface area (Å²) in [6.07, 6.45) is 3.90. The van der Waals surface area contributed by atoms with Gasteiger partial charge in [0.1, 0.15) is 10.9 Å². The third kappa shape index (κ3) is 4.09. The fourth-order valence-corrected chi connectivity index (χ4v) is 3.81. The summed E-state index contributed by atoms with van der Waals surface area (Å²) in [5.41, 5.74) is 2.20. The van der Waals surface area contributed by atoms with Crippen molar-refractivity contribution in [2.45, 2.75) is 42.7 Å². The predicted octanol–water partition coefficient (Wildman–Crippen LogP) is 4.67. The number of hydrogen-bond donors (Lipinski definition) is 0. The second-order valence-corrected chi connectivity index (χ2v) is 7.13. The molecule has 0 unspecified atom stereocenters. The molecule has 0 radical (unpaired) electrons. The topological polar surface area (TPSA) is 54.5 Å². The molecule has 0 fully saturated rings. The van der Waals surface area contributed by atoms with Crippen LogP contribution in [-0.4, -0.2) is 14.5 Å². The van der Waals surface area contributed by atoms with Crippen molar-refractivity contribution in [3.8, 4) is 6.07 Å². The fraction of sp³-hybridized carbons (Fsp3) is 0.250. The minimum atomic E-state index is 0.294. The Morgan fingerprint density at radius 3 is 2.48 bits per heavy atom. The van der Waals surface area contributed by atoms with Crippen molar-refractivity contribution >= 4 is 11.8 Å². The van der Waals surface area contributed by atoms with E-state index in [9.17, 15) is 5.26 Å². The summed E-state index contributed by atoms with van der Waals surface area (Å²) in [5.74, 6) is 1.11. The molecule has 0 bridgehead atoms. The lowest BCUT2D eigenvalue weighted by Gasteiger charge is -2.13. The van der Waals surface area contributed by atoms with Gasteiger partial charge in [0.25, 0.3) is 0 Å². The van der Waals surface area contributed by atoms with Crippen molar-refractivity contribution in [2.24, 2.45) is 0 Å². The number of aromatic nitrogens is 3. The van der Waals surface area contributed by atoms with E-state index in [2.05, 4.69) is 41.6 Å². The number of hydrogen-bond acceptors (Lipinski definition) is 4. The number of benzene rings is 1. The summed E-state index contributed by atoms with van der Waals surface area (Å²) in [7, 11) is 0. The molecule has 0 aliphatic heterocycles. The van der Waals surface area contributed by atoms with E-state index in [1.54, 1.807) is 24.2 Å². The van der Waals surface area contributed by atoms with Crippen molar-refractivity contribution in [1.29, 1.82) is 5.26 Å². The van der Waals surface area contributed by atoms with Crippen LogP contribution in [0.1, 0.15) is 36.8 Å². The Balaban J connectivity index is 2.07. The van der Waals surface area contributed by atoms with Crippen LogP contribution in [-0.2, 0) is 13.0 Å². The van der Waals surface area contributed by atoms with Crippen LogP contribution < -0.4 is 0 Å².